The van der Waals surface area contributed by atoms with Crippen LogP contribution in [0.25, 0.3) is 5.76 Å². The molecule has 3 aromatic rings. The maximum Gasteiger partial charge on any atom is 0.418 e. The number of anilines is 1. The van der Waals surface area contributed by atoms with Crippen LogP contribution < -0.4 is 19.1 Å². The quantitative estimate of drug-likeness (QED) is 0.287. The van der Waals surface area contributed by atoms with Gasteiger partial charge in [0.05, 0.1) is 32.6 Å². The zero-order valence-electron chi connectivity index (χ0n) is 24.1. The third kappa shape index (κ3) is 5.22. The van der Waals surface area contributed by atoms with Crippen molar-refractivity contribution >= 4 is 23.1 Å². The zero-order chi connectivity index (χ0) is 31.1. The highest BCUT2D eigenvalue weighted by Gasteiger charge is 2.46. The highest BCUT2D eigenvalue weighted by atomic mass is 19.4. The average molecular weight is 593 g/mol. The zero-order valence-corrected chi connectivity index (χ0v) is 24.1. The van der Waals surface area contributed by atoms with Crippen LogP contribution in [0.3, 0.4) is 0 Å². The molecule has 1 unspecified atom stereocenters. The number of ether oxygens (including phenoxy) is 3. The van der Waals surface area contributed by atoms with Crippen molar-refractivity contribution in [1.29, 1.82) is 5.41 Å². The van der Waals surface area contributed by atoms with Gasteiger partial charge in [-0.05, 0) is 49.6 Å². The number of aliphatic hydroxyl groups is 1. The number of allylic oxidation sites excluding steroid dienone is 2. The third-order valence-electron chi connectivity index (χ3n) is 7.81. The Balaban J connectivity index is 1.90. The van der Waals surface area contributed by atoms with Gasteiger partial charge in [-0.2, -0.15) is 13.2 Å². The Bertz CT molecular complexity index is 1630. The molecule has 7 nitrogen and oxygen atoms in total. The molecule has 1 atom stereocenters. The smallest absolute Gasteiger partial charge is 0.418 e. The number of halogens is 3. The molecule has 1 aliphatic carbocycles. The number of nitrogens with zero attached hydrogens (tertiary/aromatic N) is 1. The van der Waals surface area contributed by atoms with Crippen molar-refractivity contribution in [1.82, 2.24) is 0 Å². The fourth-order valence-corrected chi connectivity index (χ4v) is 5.83. The lowest BCUT2D eigenvalue weighted by Crippen LogP contribution is -2.43. The molecule has 0 spiro atoms. The van der Waals surface area contributed by atoms with Gasteiger partial charge in [0.25, 0.3) is 0 Å². The monoisotopic (exact) mass is 592 g/mol. The van der Waals surface area contributed by atoms with Gasteiger partial charge in [0.2, 0.25) is 5.75 Å². The van der Waals surface area contributed by atoms with Gasteiger partial charge in [0, 0.05) is 34.7 Å². The summed E-state index contributed by atoms with van der Waals surface area (Å²) in [7, 11) is 4.33. The van der Waals surface area contributed by atoms with Crippen LogP contribution in [0.5, 0.6) is 17.2 Å². The Labute approximate surface area is 247 Å². The van der Waals surface area contributed by atoms with E-state index in [1.807, 2.05) is 6.92 Å². The van der Waals surface area contributed by atoms with Crippen LogP contribution >= 0.6 is 0 Å². The molecule has 0 saturated heterocycles. The van der Waals surface area contributed by atoms with E-state index in [9.17, 15) is 28.5 Å². The van der Waals surface area contributed by atoms with E-state index in [1.165, 1.54) is 44.4 Å². The Morgan fingerprint density at radius 2 is 1.58 bits per heavy atom. The number of hydrogen-bond acceptors (Lipinski definition) is 6. The van der Waals surface area contributed by atoms with Crippen LogP contribution in [0.15, 0.2) is 77.5 Å². The molecule has 43 heavy (non-hydrogen) atoms. The van der Waals surface area contributed by atoms with Crippen LogP contribution in [-0.4, -0.2) is 38.1 Å². The maximum absolute atomic E-state index is 14.3. The number of nitrogens with one attached hydrogen (secondary N) is 1. The number of carbonyl (C=O) groups excluding carboxylic acids is 1. The standard InChI is InChI=1S/C33H31F3N2O5/c1-18-12-14-19(15-13-18)30(40)29-27(20-16-25(41-2)31(43-4)26(17-20)42-3)28-23(10-7-11-24(28)39)38(32(29)37)22-9-6-5-8-21(22)33(34,35)36/h5-6,8-9,12-17,27,37,40H,7,10-11H2,1-4H3/b30-29+,37-32?. The third-order valence-corrected chi connectivity index (χ3v) is 7.81. The van der Waals surface area contributed by atoms with Gasteiger partial charge in [-0.1, -0.05) is 42.0 Å². The van der Waals surface area contributed by atoms with E-state index in [4.69, 9.17) is 14.2 Å². The molecule has 0 fully saturated rings. The van der Waals surface area contributed by atoms with Gasteiger partial charge >= 0.3 is 6.18 Å². The molecule has 0 aromatic heterocycles. The molecule has 1 aliphatic heterocycles. The summed E-state index contributed by atoms with van der Waals surface area (Å²) in [5, 5.41) is 21.2. The number of aliphatic hydroxyl groups excluding tert-OH is 1. The molecule has 5 rings (SSSR count). The molecular weight excluding hydrogens is 561 g/mol. The molecule has 0 bridgehead atoms. The van der Waals surface area contributed by atoms with Crippen LogP contribution in [0.2, 0.25) is 0 Å². The molecule has 2 aliphatic rings. The first-order chi connectivity index (χ1) is 20.5. The second-order valence-electron chi connectivity index (χ2n) is 10.4. The van der Waals surface area contributed by atoms with E-state index in [2.05, 4.69) is 0 Å². The van der Waals surface area contributed by atoms with Gasteiger partial charge < -0.3 is 19.3 Å². The Morgan fingerprint density at radius 3 is 2.16 bits per heavy atom. The SMILES string of the molecule is COc1cc(C2C3=C(CCCC3=O)N(c3ccccc3C(F)(F)F)C(=N)/C2=C(/O)c2ccc(C)cc2)cc(OC)c1OC. The largest absolute Gasteiger partial charge is 0.507 e. The van der Waals surface area contributed by atoms with Crippen molar-refractivity contribution < 1.29 is 37.3 Å². The van der Waals surface area contributed by atoms with Crippen LogP contribution in [0.4, 0.5) is 18.9 Å². The van der Waals surface area contributed by atoms with Crippen molar-refractivity contribution in [2.75, 3.05) is 26.2 Å². The number of amidine groups is 1. The summed E-state index contributed by atoms with van der Waals surface area (Å²) in [4.78, 5) is 15.0. The first-order valence-corrected chi connectivity index (χ1v) is 13.6. The number of ketones is 1. The number of carbonyl (C=O) groups is 1. The minimum atomic E-state index is -4.73. The van der Waals surface area contributed by atoms with E-state index in [1.54, 1.807) is 36.4 Å². The fourth-order valence-electron chi connectivity index (χ4n) is 5.83. The lowest BCUT2D eigenvalue weighted by Gasteiger charge is -2.42. The summed E-state index contributed by atoms with van der Waals surface area (Å²) in [5.74, 6) is -1.13. The number of aryl methyl sites for hydroxylation is 1. The van der Waals surface area contributed by atoms with Crippen molar-refractivity contribution in [2.45, 2.75) is 38.3 Å². The second-order valence-corrected chi connectivity index (χ2v) is 10.4. The van der Waals surface area contributed by atoms with Crippen LogP contribution in [-0.2, 0) is 11.0 Å². The molecule has 0 amide bonds. The second kappa shape index (κ2) is 11.5. The summed E-state index contributed by atoms with van der Waals surface area (Å²) in [6.45, 7) is 1.88. The molecule has 0 saturated carbocycles. The predicted molar refractivity (Wildman–Crippen MR) is 157 cm³/mol. The number of para-hydroxylation sites is 1. The van der Waals surface area contributed by atoms with Crippen LogP contribution in [0, 0.1) is 12.3 Å². The summed E-state index contributed by atoms with van der Waals surface area (Å²) in [5.41, 5.74) is 0.946. The van der Waals surface area contributed by atoms with Crippen molar-refractivity contribution in [3.63, 3.8) is 0 Å². The Kier molecular flexibility index (Phi) is 7.96. The molecule has 10 heteroatoms. The normalized spacial score (nSPS) is 18.4. The van der Waals surface area contributed by atoms with Gasteiger partial charge in [-0.3, -0.25) is 15.1 Å². The topological polar surface area (TPSA) is 92.1 Å². The summed E-state index contributed by atoms with van der Waals surface area (Å²) < 4.78 is 59.5. The summed E-state index contributed by atoms with van der Waals surface area (Å²) in [6.07, 6.45) is -3.90. The highest BCUT2D eigenvalue weighted by Crippen LogP contribution is 2.52. The number of alkyl halides is 3. The molecular formula is C33H31F3N2O5. The Morgan fingerprint density at radius 1 is 0.953 bits per heavy atom. The van der Waals surface area contributed by atoms with E-state index in [-0.39, 0.29) is 64.2 Å². The van der Waals surface area contributed by atoms with E-state index < -0.39 is 17.7 Å². The number of hydrogen-bond donors (Lipinski definition) is 2. The van der Waals surface area contributed by atoms with Gasteiger partial charge in [0.15, 0.2) is 17.3 Å². The minimum Gasteiger partial charge on any atom is -0.507 e. The molecule has 2 N–H and O–H groups in total. The van der Waals surface area contributed by atoms with Crippen molar-refractivity contribution in [3.05, 3.63) is 99.8 Å². The first-order valence-electron chi connectivity index (χ1n) is 13.6. The molecule has 3 aromatic carbocycles. The van der Waals surface area contributed by atoms with Crippen LogP contribution in [0.1, 0.15) is 47.4 Å². The average Bonchev–Trinajstić information content (AvgIpc) is 2.99. The number of Topliss-reactive ketones (excluding diaryl/α,β-unsaturated/α-hetero) is 1. The van der Waals surface area contributed by atoms with E-state index in [0.29, 0.717) is 23.3 Å². The number of benzene rings is 3. The summed E-state index contributed by atoms with van der Waals surface area (Å²) in [6, 6.07) is 15.1. The maximum atomic E-state index is 14.3. The lowest BCUT2D eigenvalue weighted by molar-refractivity contribution is -0.137. The van der Waals surface area contributed by atoms with Crippen molar-refractivity contribution in [3.8, 4) is 17.2 Å². The van der Waals surface area contributed by atoms with E-state index >= 15 is 0 Å². The van der Waals surface area contributed by atoms with Gasteiger partial charge in [0.1, 0.15) is 11.6 Å². The fraction of sp³-hybridized carbons (Fsp3) is 0.273. The lowest BCUT2D eigenvalue weighted by atomic mass is 9.73. The molecule has 224 valence electrons. The predicted octanol–water partition coefficient (Wildman–Crippen LogP) is 7.60. The van der Waals surface area contributed by atoms with Gasteiger partial charge in [-0.15, -0.1) is 0 Å². The van der Waals surface area contributed by atoms with Crippen molar-refractivity contribution in [2.24, 2.45) is 0 Å². The first kappa shape index (κ1) is 29.8. The summed E-state index contributed by atoms with van der Waals surface area (Å²) >= 11 is 0. The molecule has 1 heterocycles. The minimum absolute atomic E-state index is 0.0240. The number of rotatable bonds is 6. The van der Waals surface area contributed by atoms with Gasteiger partial charge in [-0.25, -0.2) is 0 Å². The highest BCUT2D eigenvalue weighted by molar-refractivity contribution is 6.20. The molecule has 0 radical (unpaired) electrons. The number of methoxy groups -OCH3 is 3. The van der Waals surface area contributed by atoms with E-state index in [0.717, 1.165) is 11.6 Å². The Hall–Kier alpha value is -4.73.